The Morgan fingerprint density at radius 1 is 1.19 bits per heavy atom. The second kappa shape index (κ2) is 5.61. The van der Waals surface area contributed by atoms with Crippen LogP contribution in [0.5, 0.6) is 5.75 Å². The van der Waals surface area contributed by atoms with Gasteiger partial charge in [-0.25, -0.2) is 9.18 Å². The number of ether oxygens (including phenoxy) is 1. The fraction of sp³-hybridized carbons (Fsp3) is 0.133. The summed E-state index contributed by atoms with van der Waals surface area (Å²) in [5.74, 6) is -0.251. The average molecular weight is 308 g/mol. The highest BCUT2D eigenvalue weighted by molar-refractivity contribution is 6.31. The number of benzene rings is 2. The van der Waals surface area contributed by atoms with Gasteiger partial charge in [0, 0.05) is 5.02 Å². The van der Waals surface area contributed by atoms with Crippen LogP contribution in [0.3, 0.4) is 0 Å². The predicted octanol–water partition coefficient (Wildman–Crippen LogP) is 3.47. The molecule has 1 aromatic heterocycles. The highest BCUT2D eigenvalue weighted by atomic mass is 35.5. The zero-order valence-corrected chi connectivity index (χ0v) is 11.6. The summed E-state index contributed by atoms with van der Waals surface area (Å²) in [5.41, 5.74) is 1.10. The fourth-order valence-electron chi connectivity index (χ4n) is 2.03. The molecule has 0 saturated carbocycles. The lowest BCUT2D eigenvalue weighted by atomic mass is 10.3. The van der Waals surface area contributed by atoms with Gasteiger partial charge in [-0.1, -0.05) is 11.6 Å². The van der Waals surface area contributed by atoms with E-state index in [9.17, 15) is 9.18 Å². The summed E-state index contributed by atoms with van der Waals surface area (Å²) in [5, 5.41) is 0.525. The molecule has 21 heavy (non-hydrogen) atoms. The first kappa shape index (κ1) is 13.7. The number of oxazole rings is 1. The average Bonchev–Trinajstić information content (AvgIpc) is 2.77. The van der Waals surface area contributed by atoms with Crippen LogP contribution >= 0.6 is 11.6 Å². The summed E-state index contributed by atoms with van der Waals surface area (Å²) in [6.07, 6.45) is 0. The standard InChI is InChI=1S/C15H11ClFNO3/c16-10-1-6-14-13(9-10)18(15(19)21-14)7-8-20-12-4-2-11(17)3-5-12/h1-6,9H,7-8H2. The van der Waals surface area contributed by atoms with Crippen molar-refractivity contribution in [2.24, 2.45) is 0 Å². The van der Waals surface area contributed by atoms with Gasteiger partial charge in [-0.15, -0.1) is 0 Å². The maximum atomic E-state index is 12.8. The quantitative estimate of drug-likeness (QED) is 0.741. The predicted molar refractivity (Wildman–Crippen MR) is 77.4 cm³/mol. The van der Waals surface area contributed by atoms with Gasteiger partial charge in [-0.3, -0.25) is 4.57 Å². The molecule has 2 aromatic carbocycles. The second-order valence-corrected chi connectivity index (χ2v) is 4.87. The molecule has 108 valence electrons. The van der Waals surface area contributed by atoms with Crippen molar-refractivity contribution < 1.29 is 13.5 Å². The number of fused-ring (bicyclic) bond motifs is 1. The maximum absolute atomic E-state index is 12.8. The van der Waals surface area contributed by atoms with E-state index >= 15 is 0 Å². The van der Waals surface area contributed by atoms with Crippen LogP contribution in [0, 0.1) is 5.82 Å². The molecule has 0 amide bonds. The molecule has 3 aromatic rings. The van der Waals surface area contributed by atoms with E-state index in [0.717, 1.165) is 0 Å². The van der Waals surface area contributed by atoms with Crippen molar-refractivity contribution in [2.75, 3.05) is 6.61 Å². The summed E-state index contributed by atoms with van der Waals surface area (Å²) in [4.78, 5) is 11.8. The molecule has 4 nitrogen and oxygen atoms in total. The van der Waals surface area contributed by atoms with Gasteiger partial charge < -0.3 is 9.15 Å². The third-order valence-corrected chi connectivity index (χ3v) is 3.26. The Hall–Kier alpha value is -2.27. The summed E-state index contributed by atoms with van der Waals surface area (Å²) in [6.45, 7) is 0.566. The Labute approximate surface area is 124 Å². The number of rotatable bonds is 4. The summed E-state index contributed by atoms with van der Waals surface area (Å²) in [6, 6.07) is 10.7. The highest BCUT2D eigenvalue weighted by Gasteiger charge is 2.09. The van der Waals surface area contributed by atoms with Crippen LogP contribution in [-0.2, 0) is 6.54 Å². The molecule has 0 bridgehead atoms. The monoisotopic (exact) mass is 307 g/mol. The number of halogens is 2. The summed E-state index contributed by atoms with van der Waals surface area (Å²) in [7, 11) is 0. The molecule has 0 saturated heterocycles. The lowest BCUT2D eigenvalue weighted by molar-refractivity contribution is 0.294. The molecule has 0 radical (unpaired) electrons. The minimum Gasteiger partial charge on any atom is -0.492 e. The number of hydrogen-bond donors (Lipinski definition) is 0. The van der Waals surface area contributed by atoms with E-state index < -0.39 is 5.76 Å². The van der Waals surface area contributed by atoms with Gasteiger partial charge in [0.15, 0.2) is 5.58 Å². The van der Waals surface area contributed by atoms with E-state index in [4.69, 9.17) is 20.8 Å². The van der Waals surface area contributed by atoms with Gasteiger partial charge in [0.05, 0.1) is 12.1 Å². The van der Waals surface area contributed by atoms with Crippen LogP contribution in [0.4, 0.5) is 4.39 Å². The van der Waals surface area contributed by atoms with Crippen molar-refractivity contribution in [3.05, 3.63) is 63.9 Å². The van der Waals surface area contributed by atoms with Crippen molar-refractivity contribution in [1.82, 2.24) is 4.57 Å². The molecule has 6 heteroatoms. The van der Waals surface area contributed by atoms with E-state index in [0.29, 0.717) is 28.4 Å². The largest absolute Gasteiger partial charge is 0.492 e. The minimum absolute atomic E-state index is 0.257. The number of nitrogens with zero attached hydrogens (tertiary/aromatic N) is 1. The molecule has 3 rings (SSSR count). The first-order chi connectivity index (χ1) is 10.1. The van der Waals surface area contributed by atoms with Crippen molar-refractivity contribution in [2.45, 2.75) is 6.54 Å². The SMILES string of the molecule is O=c1oc2ccc(Cl)cc2n1CCOc1ccc(F)cc1. The fourth-order valence-corrected chi connectivity index (χ4v) is 2.20. The zero-order valence-electron chi connectivity index (χ0n) is 10.9. The Morgan fingerprint density at radius 2 is 1.95 bits per heavy atom. The van der Waals surface area contributed by atoms with Crippen molar-refractivity contribution in [1.29, 1.82) is 0 Å². The molecular weight excluding hydrogens is 297 g/mol. The molecule has 0 aliphatic rings. The Kier molecular flexibility index (Phi) is 3.66. The van der Waals surface area contributed by atoms with E-state index in [-0.39, 0.29) is 12.4 Å². The van der Waals surface area contributed by atoms with Crippen molar-refractivity contribution >= 4 is 22.7 Å². The Morgan fingerprint density at radius 3 is 2.71 bits per heavy atom. The molecule has 0 unspecified atom stereocenters. The molecule has 0 atom stereocenters. The molecule has 0 N–H and O–H groups in total. The molecular formula is C15H11ClFNO3. The van der Waals surface area contributed by atoms with Crippen molar-refractivity contribution in [3.63, 3.8) is 0 Å². The molecule has 0 aliphatic heterocycles. The van der Waals surface area contributed by atoms with Crippen LogP contribution in [-0.4, -0.2) is 11.2 Å². The smallest absolute Gasteiger partial charge is 0.420 e. The van der Waals surface area contributed by atoms with Crippen LogP contribution in [0.2, 0.25) is 5.02 Å². The van der Waals surface area contributed by atoms with Gasteiger partial charge in [-0.2, -0.15) is 0 Å². The highest BCUT2D eigenvalue weighted by Crippen LogP contribution is 2.18. The van der Waals surface area contributed by atoms with Crippen molar-refractivity contribution in [3.8, 4) is 5.75 Å². The van der Waals surface area contributed by atoms with E-state index in [1.54, 1.807) is 18.2 Å². The molecule has 0 aliphatic carbocycles. The lowest BCUT2D eigenvalue weighted by Crippen LogP contribution is -2.18. The van der Waals surface area contributed by atoms with E-state index in [1.165, 1.54) is 28.8 Å². The number of aromatic nitrogens is 1. The van der Waals surface area contributed by atoms with Gasteiger partial charge in [-0.05, 0) is 42.5 Å². The van der Waals surface area contributed by atoms with E-state index in [2.05, 4.69) is 0 Å². The Balaban J connectivity index is 1.76. The Bertz CT molecular complexity index is 823. The summed E-state index contributed by atoms with van der Waals surface area (Å²) >= 11 is 5.92. The second-order valence-electron chi connectivity index (χ2n) is 4.43. The molecule has 0 fully saturated rings. The lowest BCUT2D eigenvalue weighted by Gasteiger charge is -2.06. The van der Waals surface area contributed by atoms with Gasteiger partial charge in [0.25, 0.3) is 0 Å². The van der Waals surface area contributed by atoms with Crippen LogP contribution in [0.1, 0.15) is 0 Å². The summed E-state index contributed by atoms with van der Waals surface area (Å²) < 4.78 is 24.8. The zero-order chi connectivity index (χ0) is 14.8. The molecule has 1 heterocycles. The maximum Gasteiger partial charge on any atom is 0.420 e. The third-order valence-electron chi connectivity index (χ3n) is 3.03. The van der Waals surface area contributed by atoms with Crippen LogP contribution in [0.15, 0.2) is 51.7 Å². The van der Waals surface area contributed by atoms with Gasteiger partial charge >= 0.3 is 5.76 Å². The van der Waals surface area contributed by atoms with Gasteiger partial charge in [0.1, 0.15) is 18.2 Å². The first-order valence-electron chi connectivity index (χ1n) is 6.31. The molecule has 0 spiro atoms. The first-order valence-corrected chi connectivity index (χ1v) is 6.68. The van der Waals surface area contributed by atoms with E-state index in [1.807, 2.05) is 0 Å². The minimum atomic E-state index is -0.463. The third kappa shape index (κ3) is 2.92. The van der Waals surface area contributed by atoms with Crippen LogP contribution in [0.25, 0.3) is 11.1 Å². The van der Waals surface area contributed by atoms with Crippen LogP contribution < -0.4 is 10.5 Å². The van der Waals surface area contributed by atoms with Gasteiger partial charge in [0.2, 0.25) is 0 Å². The number of hydrogen-bond acceptors (Lipinski definition) is 3. The topological polar surface area (TPSA) is 44.4 Å². The normalized spacial score (nSPS) is 11.0.